The predicted octanol–water partition coefficient (Wildman–Crippen LogP) is 5.41. The van der Waals surface area contributed by atoms with Gasteiger partial charge in [-0.15, -0.1) is 0 Å². The van der Waals surface area contributed by atoms with Gasteiger partial charge in [0.25, 0.3) is 5.91 Å². The first-order valence-electron chi connectivity index (χ1n) is 15.6. The zero-order valence-electron chi connectivity index (χ0n) is 27.5. The van der Waals surface area contributed by atoms with Gasteiger partial charge in [-0.25, -0.2) is 9.59 Å². The van der Waals surface area contributed by atoms with Gasteiger partial charge in [-0.1, -0.05) is 48.5 Å². The van der Waals surface area contributed by atoms with Crippen molar-refractivity contribution in [3.63, 3.8) is 0 Å². The van der Waals surface area contributed by atoms with Crippen LogP contribution in [0.5, 0.6) is 0 Å². The van der Waals surface area contributed by atoms with Crippen LogP contribution in [0.25, 0.3) is 16.9 Å². The molecule has 3 aromatic rings. The Morgan fingerprint density at radius 1 is 1.00 bits per heavy atom. The monoisotopic (exact) mass is 631 g/mol. The van der Waals surface area contributed by atoms with Gasteiger partial charge in [-0.05, 0) is 65.3 Å². The van der Waals surface area contributed by atoms with E-state index < -0.39 is 29.7 Å². The quantitative estimate of drug-likeness (QED) is 0.326. The number of benzene rings is 2. The summed E-state index contributed by atoms with van der Waals surface area (Å²) in [5, 5.41) is 11.7. The van der Waals surface area contributed by atoms with Crippen LogP contribution in [0.15, 0.2) is 66.7 Å². The number of ether oxygens (including phenoxy) is 1. The van der Waals surface area contributed by atoms with Crippen molar-refractivity contribution >= 4 is 24.0 Å². The minimum atomic E-state index is -1.01. The highest BCUT2D eigenvalue weighted by molar-refractivity contribution is 6.01. The van der Waals surface area contributed by atoms with Crippen molar-refractivity contribution < 1.29 is 29.0 Å². The molecule has 0 unspecified atom stereocenters. The Bertz CT molecular complexity index is 1530. The highest BCUT2D eigenvalue weighted by atomic mass is 16.6. The number of nitrogens with zero attached hydrogens (tertiary/aromatic N) is 4. The van der Waals surface area contributed by atoms with E-state index in [1.807, 2.05) is 87.5 Å². The molecular weight excluding hydrogens is 586 g/mol. The number of hydrogen-bond acceptors (Lipinski definition) is 5. The fourth-order valence-corrected chi connectivity index (χ4v) is 5.65. The van der Waals surface area contributed by atoms with Crippen LogP contribution in [-0.2, 0) is 9.53 Å². The lowest BCUT2D eigenvalue weighted by molar-refractivity contribution is -0.136. The summed E-state index contributed by atoms with van der Waals surface area (Å²) in [7, 11) is 0. The number of carbonyl (C=O) groups is 4. The molecule has 1 aliphatic rings. The summed E-state index contributed by atoms with van der Waals surface area (Å²) in [5.41, 5.74) is 3.27. The number of rotatable bonds is 9. The maximum absolute atomic E-state index is 14.7. The normalized spacial score (nSPS) is 15.1. The zero-order chi connectivity index (χ0) is 33.6. The Kier molecular flexibility index (Phi) is 10.8. The smallest absolute Gasteiger partial charge is 0.410 e. The summed E-state index contributed by atoms with van der Waals surface area (Å²) in [6.07, 6.45) is -0.694. The lowest BCUT2D eigenvalue weighted by Gasteiger charge is -2.44. The van der Waals surface area contributed by atoms with E-state index in [-0.39, 0.29) is 51.1 Å². The molecule has 1 fully saturated rings. The Morgan fingerprint density at radius 2 is 1.63 bits per heavy atom. The second kappa shape index (κ2) is 14.5. The molecule has 46 heavy (non-hydrogen) atoms. The largest absolute Gasteiger partial charge is 0.481 e. The minimum Gasteiger partial charge on any atom is -0.481 e. The third kappa shape index (κ3) is 8.26. The first-order chi connectivity index (χ1) is 21.8. The van der Waals surface area contributed by atoms with Gasteiger partial charge in [0.1, 0.15) is 5.60 Å². The SMILES string of the molecule is Cc1cc(C(=O)N2CCN(C(=O)OC(C)(C)C)C[C@H]2CN(C(=O)NCCC(=O)O)C(C)C)c(-c2ccccc2)n1-c1ccccc1. The molecule has 2 N–H and O–H groups in total. The number of urea groups is 1. The molecule has 1 aliphatic heterocycles. The molecule has 0 spiro atoms. The summed E-state index contributed by atoms with van der Waals surface area (Å²) in [4.78, 5) is 57.0. The molecule has 2 heterocycles. The number of aliphatic carboxylic acids is 1. The van der Waals surface area contributed by atoms with Crippen LogP contribution in [0.4, 0.5) is 9.59 Å². The van der Waals surface area contributed by atoms with Crippen molar-refractivity contribution in [2.24, 2.45) is 0 Å². The molecule has 11 heteroatoms. The molecule has 11 nitrogen and oxygen atoms in total. The van der Waals surface area contributed by atoms with Crippen LogP contribution in [-0.4, -0.2) is 98.8 Å². The minimum absolute atomic E-state index is 0.0263. The zero-order valence-corrected chi connectivity index (χ0v) is 27.5. The van der Waals surface area contributed by atoms with E-state index >= 15 is 0 Å². The highest BCUT2D eigenvalue weighted by Crippen LogP contribution is 2.33. The molecule has 1 aromatic heterocycles. The van der Waals surface area contributed by atoms with E-state index in [0.29, 0.717) is 5.56 Å². The first-order valence-corrected chi connectivity index (χ1v) is 15.6. The molecule has 1 saturated heterocycles. The van der Waals surface area contributed by atoms with Crippen LogP contribution in [0.1, 0.15) is 57.1 Å². The number of aryl methyl sites for hydroxylation is 1. The number of carboxylic acids is 1. The Balaban J connectivity index is 1.73. The van der Waals surface area contributed by atoms with Gasteiger partial charge in [-0.3, -0.25) is 9.59 Å². The van der Waals surface area contributed by atoms with E-state index in [1.165, 1.54) is 0 Å². The number of para-hydroxylation sites is 1. The van der Waals surface area contributed by atoms with Crippen molar-refractivity contribution in [3.8, 4) is 16.9 Å². The summed E-state index contributed by atoms with van der Waals surface area (Å²) in [6.45, 7) is 11.8. The maximum Gasteiger partial charge on any atom is 0.410 e. The van der Waals surface area contributed by atoms with Crippen LogP contribution >= 0.6 is 0 Å². The van der Waals surface area contributed by atoms with E-state index in [9.17, 15) is 19.2 Å². The molecule has 4 amide bonds. The fraction of sp³-hybridized carbons (Fsp3) is 0.429. The lowest BCUT2D eigenvalue weighted by Crippen LogP contribution is -2.61. The van der Waals surface area contributed by atoms with Crippen LogP contribution in [0, 0.1) is 6.92 Å². The number of hydrogen-bond donors (Lipinski definition) is 2. The molecule has 0 saturated carbocycles. The van der Waals surface area contributed by atoms with Crippen LogP contribution < -0.4 is 5.32 Å². The van der Waals surface area contributed by atoms with Crippen molar-refractivity contribution in [2.45, 2.75) is 65.6 Å². The van der Waals surface area contributed by atoms with Gasteiger partial charge in [0.15, 0.2) is 0 Å². The number of aromatic nitrogens is 1. The molecule has 246 valence electrons. The van der Waals surface area contributed by atoms with Crippen molar-refractivity contribution in [3.05, 3.63) is 78.0 Å². The molecule has 0 radical (unpaired) electrons. The summed E-state index contributed by atoms with van der Waals surface area (Å²) >= 11 is 0. The van der Waals surface area contributed by atoms with Gasteiger partial charge in [-0.2, -0.15) is 0 Å². The number of carbonyl (C=O) groups excluding carboxylic acids is 3. The van der Waals surface area contributed by atoms with E-state index in [1.54, 1.807) is 35.5 Å². The molecule has 1 atom stereocenters. The van der Waals surface area contributed by atoms with Gasteiger partial charge in [0.2, 0.25) is 0 Å². The molecule has 0 aliphatic carbocycles. The van der Waals surface area contributed by atoms with Gasteiger partial charge < -0.3 is 34.4 Å². The van der Waals surface area contributed by atoms with Gasteiger partial charge in [0.05, 0.1) is 23.7 Å². The number of piperazine rings is 1. The van der Waals surface area contributed by atoms with Crippen LogP contribution in [0.2, 0.25) is 0 Å². The highest BCUT2D eigenvalue weighted by Gasteiger charge is 2.38. The summed E-state index contributed by atoms with van der Waals surface area (Å²) < 4.78 is 7.73. The summed E-state index contributed by atoms with van der Waals surface area (Å²) in [6, 6.07) is 20.3. The first kappa shape index (κ1) is 34.1. The van der Waals surface area contributed by atoms with E-state index in [0.717, 1.165) is 22.6 Å². The van der Waals surface area contributed by atoms with Crippen molar-refractivity contribution in [1.29, 1.82) is 0 Å². The molecule has 2 aromatic carbocycles. The van der Waals surface area contributed by atoms with Crippen molar-refractivity contribution in [1.82, 2.24) is 24.6 Å². The second-order valence-corrected chi connectivity index (χ2v) is 12.8. The van der Waals surface area contributed by atoms with E-state index in [2.05, 4.69) is 9.88 Å². The third-order valence-electron chi connectivity index (χ3n) is 7.78. The second-order valence-electron chi connectivity index (χ2n) is 12.8. The predicted molar refractivity (Wildman–Crippen MR) is 176 cm³/mol. The average molecular weight is 632 g/mol. The van der Waals surface area contributed by atoms with Crippen LogP contribution in [0.3, 0.4) is 0 Å². The third-order valence-corrected chi connectivity index (χ3v) is 7.78. The number of nitrogens with one attached hydrogen (secondary N) is 1. The fourth-order valence-electron chi connectivity index (χ4n) is 5.65. The van der Waals surface area contributed by atoms with Gasteiger partial charge >= 0.3 is 18.1 Å². The maximum atomic E-state index is 14.7. The lowest BCUT2D eigenvalue weighted by atomic mass is 10.0. The number of carboxylic acid groups (broad SMARTS) is 1. The standard InChI is InChI=1S/C35H45N5O6/c1-24(2)39(33(44)36-18-17-30(41)42)23-28-22-37(34(45)46-35(4,5)6)19-20-38(28)32(43)29-21-25(3)40(27-15-11-8-12-16-27)31(29)26-13-9-7-10-14-26/h7-16,21,24,28H,17-20,22-23H2,1-6H3,(H,36,44)(H,41,42)/t28-/m0/s1. The molecule has 4 rings (SSSR count). The Morgan fingerprint density at radius 3 is 2.22 bits per heavy atom. The topological polar surface area (TPSA) is 124 Å². The average Bonchev–Trinajstić information content (AvgIpc) is 3.35. The molecule has 0 bridgehead atoms. The van der Waals surface area contributed by atoms with Crippen molar-refractivity contribution in [2.75, 3.05) is 32.7 Å². The van der Waals surface area contributed by atoms with E-state index in [4.69, 9.17) is 9.84 Å². The Labute approximate surface area is 270 Å². The summed E-state index contributed by atoms with van der Waals surface area (Å²) in [5.74, 6) is -1.22. The van der Waals surface area contributed by atoms with Gasteiger partial charge in [0, 0.05) is 50.1 Å². The Hall–Kier alpha value is -4.80. The number of amides is 4. The molecular formula is C35H45N5O6.